The zero-order chi connectivity index (χ0) is 15.3. The Morgan fingerprint density at radius 2 is 1.85 bits per heavy atom. The van der Waals surface area contributed by atoms with E-state index in [0.717, 1.165) is 25.0 Å². The zero-order valence-corrected chi connectivity index (χ0v) is 14.1. The minimum Gasteiger partial charge on any atom is -0.393 e. The lowest BCUT2D eigenvalue weighted by Gasteiger charge is -2.28. The van der Waals surface area contributed by atoms with E-state index in [9.17, 15) is 5.11 Å². The van der Waals surface area contributed by atoms with E-state index in [1.807, 2.05) is 12.3 Å². The van der Waals surface area contributed by atoms with E-state index in [1.165, 1.54) is 0 Å². The molecule has 0 aliphatic carbocycles. The maximum absolute atomic E-state index is 10.2. The molecule has 0 aliphatic heterocycles. The molecule has 116 valence electrons. The van der Waals surface area contributed by atoms with Crippen LogP contribution in [0.4, 0.5) is 0 Å². The summed E-state index contributed by atoms with van der Waals surface area (Å²) in [6, 6.07) is 2.53. The Labute approximate surface area is 124 Å². The molecular formula is C17H32N2O. The predicted molar refractivity (Wildman–Crippen MR) is 84.8 cm³/mol. The number of nitrogens with zero attached hydrogens (tertiary/aromatic N) is 2. The van der Waals surface area contributed by atoms with E-state index < -0.39 is 0 Å². The van der Waals surface area contributed by atoms with Crippen molar-refractivity contribution in [3.8, 4) is 0 Å². The molecule has 3 heteroatoms. The highest BCUT2D eigenvalue weighted by Crippen LogP contribution is 2.29. The van der Waals surface area contributed by atoms with Crippen LogP contribution in [0.1, 0.15) is 72.5 Å². The number of hydrogen-bond acceptors (Lipinski definition) is 2. The highest BCUT2D eigenvalue weighted by Gasteiger charge is 2.23. The second-order valence-corrected chi connectivity index (χ2v) is 7.12. The van der Waals surface area contributed by atoms with Gasteiger partial charge in [0.2, 0.25) is 0 Å². The first-order valence-corrected chi connectivity index (χ1v) is 8.00. The van der Waals surface area contributed by atoms with Crippen molar-refractivity contribution in [1.29, 1.82) is 0 Å². The molecule has 0 amide bonds. The van der Waals surface area contributed by atoms with Crippen molar-refractivity contribution >= 4 is 0 Å². The molecule has 1 aromatic heterocycles. The molecule has 1 aromatic rings. The quantitative estimate of drug-likeness (QED) is 0.812. The van der Waals surface area contributed by atoms with Gasteiger partial charge >= 0.3 is 0 Å². The van der Waals surface area contributed by atoms with Crippen molar-refractivity contribution in [3.05, 3.63) is 18.0 Å². The Hall–Kier alpha value is -0.830. The van der Waals surface area contributed by atoms with E-state index in [-0.39, 0.29) is 11.5 Å². The van der Waals surface area contributed by atoms with Crippen LogP contribution < -0.4 is 0 Å². The molecule has 0 saturated carbocycles. The van der Waals surface area contributed by atoms with Crippen LogP contribution in [0.2, 0.25) is 0 Å². The highest BCUT2D eigenvalue weighted by atomic mass is 16.3. The second-order valence-electron chi connectivity index (χ2n) is 7.12. The summed E-state index contributed by atoms with van der Waals surface area (Å²) in [5.74, 6) is 0.499. The van der Waals surface area contributed by atoms with E-state index in [1.54, 1.807) is 0 Å². The average molecular weight is 280 g/mol. The van der Waals surface area contributed by atoms with Crippen molar-refractivity contribution in [3.63, 3.8) is 0 Å². The van der Waals surface area contributed by atoms with Gasteiger partial charge in [0.1, 0.15) is 0 Å². The van der Waals surface area contributed by atoms with Gasteiger partial charge in [0, 0.05) is 12.6 Å². The smallest absolute Gasteiger partial charge is 0.0650 e. The van der Waals surface area contributed by atoms with Crippen LogP contribution in [-0.4, -0.2) is 21.0 Å². The lowest BCUT2D eigenvalue weighted by molar-refractivity contribution is 0.109. The SMILES string of the molecule is CCC(CC)n1ccc(CC(O)CC(C)C(C)(C)C)n1. The fraction of sp³-hybridized carbons (Fsp3) is 0.824. The van der Waals surface area contributed by atoms with Gasteiger partial charge < -0.3 is 5.11 Å². The van der Waals surface area contributed by atoms with Gasteiger partial charge in [-0.1, -0.05) is 41.5 Å². The Balaban J connectivity index is 2.56. The molecule has 1 rings (SSSR count). The number of hydrogen-bond donors (Lipinski definition) is 1. The summed E-state index contributed by atoms with van der Waals surface area (Å²) in [5, 5.41) is 14.9. The van der Waals surface area contributed by atoms with Gasteiger partial charge in [0.25, 0.3) is 0 Å². The Morgan fingerprint density at radius 3 is 2.35 bits per heavy atom. The number of aliphatic hydroxyl groups excluding tert-OH is 1. The molecule has 3 nitrogen and oxygen atoms in total. The van der Waals surface area contributed by atoms with Crippen molar-refractivity contribution in [1.82, 2.24) is 9.78 Å². The summed E-state index contributed by atoms with van der Waals surface area (Å²) in [6.07, 6.45) is 5.44. The maximum atomic E-state index is 10.2. The monoisotopic (exact) mass is 280 g/mol. The molecule has 1 N–H and O–H groups in total. The molecular weight excluding hydrogens is 248 g/mol. The fourth-order valence-electron chi connectivity index (χ4n) is 2.44. The summed E-state index contributed by atoms with van der Waals surface area (Å²) >= 11 is 0. The van der Waals surface area contributed by atoms with Gasteiger partial charge in [-0.3, -0.25) is 4.68 Å². The lowest BCUT2D eigenvalue weighted by Crippen LogP contribution is -2.24. The molecule has 1 heterocycles. The van der Waals surface area contributed by atoms with Crippen molar-refractivity contribution < 1.29 is 5.11 Å². The molecule has 2 unspecified atom stereocenters. The third-order valence-corrected chi connectivity index (χ3v) is 4.53. The third-order valence-electron chi connectivity index (χ3n) is 4.53. The van der Waals surface area contributed by atoms with Crippen LogP contribution in [0.15, 0.2) is 12.3 Å². The minimum atomic E-state index is -0.297. The van der Waals surface area contributed by atoms with Gasteiger partial charge in [-0.2, -0.15) is 5.10 Å². The van der Waals surface area contributed by atoms with Crippen molar-refractivity contribution in [2.75, 3.05) is 0 Å². The van der Waals surface area contributed by atoms with Crippen LogP contribution >= 0.6 is 0 Å². The van der Waals surface area contributed by atoms with E-state index in [4.69, 9.17) is 0 Å². The summed E-state index contributed by atoms with van der Waals surface area (Å²) in [5.41, 5.74) is 1.25. The topological polar surface area (TPSA) is 38.0 Å². The van der Waals surface area contributed by atoms with Crippen LogP contribution in [-0.2, 0) is 6.42 Å². The largest absolute Gasteiger partial charge is 0.393 e. The van der Waals surface area contributed by atoms with E-state index in [2.05, 4.69) is 51.3 Å². The maximum Gasteiger partial charge on any atom is 0.0650 e. The molecule has 0 bridgehead atoms. The minimum absolute atomic E-state index is 0.246. The Morgan fingerprint density at radius 1 is 1.25 bits per heavy atom. The van der Waals surface area contributed by atoms with Gasteiger partial charge in [-0.05, 0) is 36.7 Å². The molecule has 0 saturated heterocycles. The van der Waals surface area contributed by atoms with Gasteiger partial charge in [0.05, 0.1) is 17.8 Å². The van der Waals surface area contributed by atoms with Gasteiger partial charge in [-0.25, -0.2) is 0 Å². The van der Waals surface area contributed by atoms with Crippen molar-refractivity contribution in [2.45, 2.75) is 79.4 Å². The van der Waals surface area contributed by atoms with Crippen molar-refractivity contribution in [2.24, 2.45) is 11.3 Å². The first-order chi connectivity index (χ1) is 9.27. The van der Waals surface area contributed by atoms with Gasteiger partial charge in [-0.15, -0.1) is 0 Å². The standard InChI is InChI=1S/C17H32N2O/c1-7-15(8-2)19-10-9-14(18-19)12-16(20)11-13(3)17(4,5)6/h9-10,13,15-16,20H,7-8,11-12H2,1-6H3. The van der Waals surface area contributed by atoms with Crippen LogP contribution in [0.5, 0.6) is 0 Å². The summed E-state index contributed by atoms with van der Waals surface area (Å²) < 4.78 is 2.05. The molecule has 2 atom stereocenters. The fourth-order valence-corrected chi connectivity index (χ4v) is 2.44. The molecule has 0 spiro atoms. The predicted octanol–water partition coefficient (Wildman–Crippen LogP) is 4.22. The summed E-state index contributed by atoms with van der Waals surface area (Å²) in [4.78, 5) is 0. The zero-order valence-electron chi connectivity index (χ0n) is 14.1. The first kappa shape index (κ1) is 17.2. The molecule has 0 fully saturated rings. The lowest BCUT2D eigenvalue weighted by atomic mass is 9.78. The molecule has 0 aliphatic rings. The molecule has 20 heavy (non-hydrogen) atoms. The molecule has 0 radical (unpaired) electrons. The first-order valence-electron chi connectivity index (χ1n) is 8.00. The third kappa shape index (κ3) is 4.93. The Bertz CT molecular complexity index is 388. The Kier molecular flexibility index (Phi) is 6.25. The highest BCUT2D eigenvalue weighted by molar-refractivity contribution is 5.01. The number of rotatable bonds is 7. The summed E-state index contributed by atoms with van der Waals surface area (Å²) in [6.45, 7) is 13.3. The second kappa shape index (κ2) is 7.26. The summed E-state index contributed by atoms with van der Waals surface area (Å²) in [7, 11) is 0. The van der Waals surface area contributed by atoms with E-state index >= 15 is 0 Å². The molecule has 0 aromatic carbocycles. The number of aromatic nitrogens is 2. The van der Waals surface area contributed by atoms with Crippen LogP contribution in [0.25, 0.3) is 0 Å². The van der Waals surface area contributed by atoms with Gasteiger partial charge in [0.15, 0.2) is 0 Å². The number of aliphatic hydroxyl groups is 1. The van der Waals surface area contributed by atoms with Crippen LogP contribution in [0, 0.1) is 11.3 Å². The average Bonchev–Trinajstić information content (AvgIpc) is 2.77. The van der Waals surface area contributed by atoms with Crippen LogP contribution in [0.3, 0.4) is 0 Å². The van der Waals surface area contributed by atoms with E-state index in [0.29, 0.717) is 18.4 Å². The normalized spacial score (nSPS) is 15.6.